The number of hydrogen-bond acceptors (Lipinski definition) is 3. The van der Waals surface area contributed by atoms with Crippen molar-refractivity contribution in [2.24, 2.45) is 7.05 Å². The van der Waals surface area contributed by atoms with Gasteiger partial charge in [0, 0.05) is 51.2 Å². The Labute approximate surface area is 153 Å². The van der Waals surface area contributed by atoms with Gasteiger partial charge in [-0.25, -0.2) is 0 Å². The first kappa shape index (κ1) is 16.7. The molecule has 2 aliphatic rings. The zero-order valence-corrected chi connectivity index (χ0v) is 15.0. The SMILES string of the molecule is Cn1ccc(C(=O)N2CCN(C(=O)c3ccc4c(c3)CCCO4)CC2)c1. The molecule has 2 amide bonds. The van der Waals surface area contributed by atoms with E-state index in [1.807, 2.05) is 58.1 Å². The second kappa shape index (κ2) is 6.86. The highest BCUT2D eigenvalue weighted by Gasteiger charge is 2.26. The zero-order chi connectivity index (χ0) is 18.1. The Morgan fingerprint density at radius 2 is 1.65 bits per heavy atom. The fraction of sp³-hybridized carbons (Fsp3) is 0.400. The fourth-order valence-electron chi connectivity index (χ4n) is 3.60. The molecule has 6 heteroatoms. The number of nitrogens with zero attached hydrogens (tertiary/aromatic N) is 3. The number of aryl methyl sites for hydroxylation is 2. The first-order valence-corrected chi connectivity index (χ1v) is 9.08. The number of benzene rings is 1. The van der Waals surface area contributed by atoms with Crippen LogP contribution in [0, 0.1) is 0 Å². The van der Waals surface area contributed by atoms with E-state index >= 15 is 0 Å². The quantitative estimate of drug-likeness (QED) is 0.829. The highest BCUT2D eigenvalue weighted by atomic mass is 16.5. The molecule has 2 aliphatic heterocycles. The largest absolute Gasteiger partial charge is 0.493 e. The molecule has 0 aliphatic carbocycles. The summed E-state index contributed by atoms with van der Waals surface area (Å²) in [4.78, 5) is 29.0. The van der Waals surface area contributed by atoms with Crippen molar-refractivity contribution in [3.63, 3.8) is 0 Å². The van der Waals surface area contributed by atoms with Gasteiger partial charge in [-0.3, -0.25) is 9.59 Å². The maximum Gasteiger partial charge on any atom is 0.255 e. The van der Waals surface area contributed by atoms with Crippen LogP contribution in [0.4, 0.5) is 0 Å². The molecule has 0 saturated carbocycles. The molecule has 4 rings (SSSR count). The predicted octanol–water partition coefficient (Wildman–Crippen LogP) is 1.95. The maximum absolute atomic E-state index is 12.8. The van der Waals surface area contributed by atoms with Gasteiger partial charge in [0.1, 0.15) is 5.75 Å². The van der Waals surface area contributed by atoms with E-state index in [0.29, 0.717) is 37.3 Å². The molecule has 3 heterocycles. The maximum atomic E-state index is 12.8. The van der Waals surface area contributed by atoms with Crippen molar-refractivity contribution in [1.82, 2.24) is 14.4 Å². The minimum atomic E-state index is 0.0311. The normalized spacial score (nSPS) is 16.8. The Bertz CT molecular complexity index is 835. The monoisotopic (exact) mass is 353 g/mol. The average molecular weight is 353 g/mol. The lowest BCUT2D eigenvalue weighted by atomic mass is 10.0. The van der Waals surface area contributed by atoms with Crippen LogP contribution in [0.5, 0.6) is 5.75 Å². The van der Waals surface area contributed by atoms with Crippen molar-refractivity contribution >= 4 is 11.8 Å². The Morgan fingerprint density at radius 3 is 2.31 bits per heavy atom. The third-order valence-electron chi connectivity index (χ3n) is 5.09. The van der Waals surface area contributed by atoms with Gasteiger partial charge in [0.25, 0.3) is 11.8 Å². The van der Waals surface area contributed by atoms with Crippen LogP contribution in [0.25, 0.3) is 0 Å². The van der Waals surface area contributed by atoms with E-state index in [2.05, 4.69) is 0 Å². The number of amides is 2. The van der Waals surface area contributed by atoms with E-state index in [0.717, 1.165) is 30.8 Å². The van der Waals surface area contributed by atoms with Crippen molar-refractivity contribution in [2.45, 2.75) is 12.8 Å². The van der Waals surface area contributed by atoms with E-state index in [9.17, 15) is 9.59 Å². The van der Waals surface area contributed by atoms with Gasteiger partial charge in [0.15, 0.2) is 0 Å². The first-order chi connectivity index (χ1) is 12.6. The van der Waals surface area contributed by atoms with Crippen LogP contribution in [-0.2, 0) is 13.5 Å². The molecule has 0 radical (unpaired) electrons. The Balaban J connectivity index is 1.40. The van der Waals surface area contributed by atoms with Gasteiger partial charge in [-0.1, -0.05) is 0 Å². The van der Waals surface area contributed by atoms with E-state index in [1.165, 1.54) is 0 Å². The van der Waals surface area contributed by atoms with Gasteiger partial charge in [0.2, 0.25) is 0 Å². The third kappa shape index (κ3) is 3.19. The molecule has 0 unspecified atom stereocenters. The summed E-state index contributed by atoms with van der Waals surface area (Å²) in [5.74, 6) is 0.958. The number of hydrogen-bond donors (Lipinski definition) is 0. The summed E-state index contributed by atoms with van der Waals surface area (Å²) < 4.78 is 7.48. The minimum Gasteiger partial charge on any atom is -0.493 e. The van der Waals surface area contributed by atoms with Gasteiger partial charge in [-0.15, -0.1) is 0 Å². The van der Waals surface area contributed by atoms with Gasteiger partial charge in [-0.05, 0) is 42.7 Å². The molecular weight excluding hydrogens is 330 g/mol. The molecule has 1 aromatic carbocycles. The molecule has 1 fully saturated rings. The summed E-state index contributed by atoms with van der Waals surface area (Å²) in [7, 11) is 1.90. The molecule has 0 spiro atoms. The van der Waals surface area contributed by atoms with E-state index < -0.39 is 0 Å². The third-order valence-corrected chi connectivity index (χ3v) is 5.09. The summed E-state index contributed by atoms with van der Waals surface area (Å²) in [6.07, 6.45) is 5.64. The highest BCUT2D eigenvalue weighted by Crippen LogP contribution is 2.26. The predicted molar refractivity (Wildman–Crippen MR) is 97.5 cm³/mol. The Hall–Kier alpha value is -2.76. The second-order valence-corrected chi connectivity index (χ2v) is 6.92. The molecule has 0 N–H and O–H groups in total. The van der Waals surface area contributed by atoms with E-state index in [1.54, 1.807) is 0 Å². The second-order valence-electron chi connectivity index (χ2n) is 6.92. The van der Waals surface area contributed by atoms with Gasteiger partial charge in [0.05, 0.1) is 12.2 Å². The molecule has 136 valence electrons. The van der Waals surface area contributed by atoms with Crippen molar-refractivity contribution in [3.8, 4) is 5.75 Å². The minimum absolute atomic E-state index is 0.0311. The standard InChI is InChI=1S/C20H23N3O3/c1-21-7-6-17(14-21)20(25)23-10-8-22(9-11-23)19(24)16-4-5-18-15(13-16)3-2-12-26-18/h4-7,13-14H,2-3,8-12H2,1H3. The van der Waals surface area contributed by atoms with Crippen LogP contribution in [0.2, 0.25) is 0 Å². The summed E-state index contributed by atoms with van der Waals surface area (Å²) in [6, 6.07) is 7.53. The summed E-state index contributed by atoms with van der Waals surface area (Å²) in [5.41, 5.74) is 2.51. The van der Waals surface area contributed by atoms with Crippen LogP contribution >= 0.6 is 0 Å². The highest BCUT2D eigenvalue weighted by molar-refractivity contribution is 5.96. The van der Waals surface area contributed by atoms with Crippen LogP contribution < -0.4 is 4.74 Å². The lowest BCUT2D eigenvalue weighted by Crippen LogP contribution is -2.50. The van der Waals surface area contributed by atoms with Crippen LogP contribution in [-0.4, -0.2) is 59.0 Å². The molecule has 1 saturated heterocycles. The van der Waals surface area contributed by atoms with Crippen LogP contribution in [0.1, 0.15) is 32.7 Å². The number of rotatable bonds is 2. The Morgan fingerprint density at radius 1 is 0.962 bits per heavy atom. The van der Waals surface area contributed by atoms with E-state index in [4.69, 9.17) is 4.74 Å². The average Bonchev–Trinajstić information content (AvgIpc) is 3.13. The first-order valence-electron chi connectivity index (χ1n) is 9.08. The van der Waals surface area contributed by atoms with Crippen molar-refractivity contribution in [1.29, 1.82) is 0 Å². The van der Waals surface area contributed by atoms with Crippen molar-refractivity contribution < 1.29 is 14.3 Å². The summed E-state index contributed by atoms with van der Waals surface area (Å²) in [6.45, 7) is 2.99. The molecule has 0 bridgehead atoms. The lowest BCUT2D eigenvalue weighted by molar-refractivity contribution is 0.0535. The molecule has 0 atom stereocenters. The number of fused-ring (bicyclic) bond motifs is 1. The van der Waals surface area contributed by atoms with Crippen LogP contribution in [0.15, 0.2) is 36.7 Å². The number of piperazine rings is 1. The molecule has 26 heavy (non-hydrogen) atoms. The number of aromatic nitrogens is 1. The van der Waals surface area contributed by atoms with E-state index in [-0.39, 0.29) is 11.8 Å². The van der Waals surface area contributed by atoms with Gasteiger partial charge >= 0.3 is 0 Å². The molecule has 1 aromatic heterocycles. The molecule has 2 aromatic rings. The number of carbonyl (C=O) groups is 2. The lowest BCUT2D eigenvalue weighted by Gasteiger charge is -2.34. The van der Waals surface area contributed by atoms with Gasteiger partial charge < -0.3 is 19.1 Å². The Kier molecular flexibility index (Phi) is 4.41. The van der Waals surface area contributed by atoms with Crippen LogP contribution in [0.3, 0.4) is 0 Å². The topological polar surface area (TPSA) is 54.8 Å². The molecule has 6 nitrogen and oxygen atoms in total. The fourth-order valence-corrected chi connectivity index (χ4v) is 3.60. The van der Waals surface area contributed by atoms with Crippen molar-refractivity contribution in [2.75, 3.05) is 32.8 Å². The molecular formula is C20H23N3O3. The summed E-state index contributed by atoms with van der Waals surface area (Å²) in [5, 5.41) is 0. The zero-order valence-electron chi connectivity index (χ0n) is 15.0. The smallest absolute Gasteiger partial charge is 0.255 e. The number of carbonyl (C=O) groups excluding carboxylic acids is 2. The van der Waals surface area contributed by atoms with Gasteiger partial charge in [-0.2, -0.15) is 0 Å². The number of ether oxygens (including phenoxy) is 1. The van der Waals surface area contributed by atoms with Crippen molar-refractivity contribution in [3.05, 3.63) is 53.3 Å². The summed E-state index contributed by atoms with van der Waals surface area (Å²) >= 11 is 0.